The first-order valence-electron chi connectivity index (χ1n) is 11.0. The Labute approximate surface area is 188 Å². The molecule has 2 aliphatic rings. The van der Waals surface area contributed by atoms with Crippen molar-refractivity contribution < 1.29 is 22.7 Å². The highest BCUT2D eigenvalue weighted by Crippen LogP contribution is 2.36. The van der Waals surface area contributed by atoms with Crippen LogP contribution in [0.25, 0.3) is 16.6 Å². The topological polar surface area (TPSA) is 80.5 Å². The van der Waals surface area contributed by atoms with E-state index in [0.717, 1.165) is 35.2 Å². The number of fused-ring (bicyclic) bond motifs is 1. The molecule has 1 amide bonds. The van der Waals surface area contributed by atoms with Crippen molar-refractivity contribution in [3.05, 3.63) is 42.4 Å². The lowest BCUT2D eigenvalue weighted by Gasteiger charge is -2.32. The zero-order chi connectivity index (χ0) is 23.2. The van der Waals surface area contributed by atoms with Crippen LogP contribution in [0.3, 0.4) is 0 Å². The first-order chi connectivity index (χ1) is 15.8. The van der Waals surface area contributed by atoms with E-state index >= 15 is 0 Å². The highest BCUT2D eigenvalue weighted by atomic mass is 19.4. The zero-order valence-corrected chi connectivity index (χ0v) is 18.0. The van der Waals surface area contributed by atoms with Gasteiger partial charge in [0.05, 0.1) is 17.6 Å². The summed E-state index contributed by atoms with van der Waals surface area (Å²) in [7, 11) is 0. The van der Waals surface area contributed by atoms with Gasteiger partial charge in [-0.1, -0.05) is 0 Å². The van der Waals surface area contributed by atoms with Crippen molar-refractivity contribution in [2.75, 3.05) is 18.4 Å². The Morgan fingerprint density at radius 2 is 2.06 bits per heavy atom. The summed E-state index contributed by atoms with van der Waals surface area (Å²) in [5.41, 5.74) is 3.09. The number of aryl methyl sites for hydroxylation is 1. The average Bonchev–Trinajstić information content (AvgIpc) is 3.55. The number of amides is 1. The molecular weight excluding hydrogens is 435 g/mol. The van der Waals surface area contributed by atoms with E-state index in [4.69, 9.17) is 4.74 Å². The van der Waals surface area contributed by atoms with Crippen molar-refractivity contribution in [1.29, 1.82) is 0 Å². The lowest BCUT2D eigenvalue weighted by Crippen LogP contribution is -2.47. The molecule has 0 radical (unpaired) electrons. The molecule has 33 heavy (non-hydrogen) atoms. The van der Waals surface area contributed by atoms with Crippen LogP contribution in [0.1, 0.15) is 25.0 Å². The Morgan fingerprint density at radius 3 is 2.82 bits per heavy atom. The van der Waals surface area contributed by atoms with Crippen molar-refractivity contribution in [3.63, 3.8) is 0 Å². The van der Waals surface area contributed by atoms with Crippen LogP contribution in [0.15, 0.2) is 36.7 Å². The van der Waals surface area contributed by atoms with E-state index in [9.17, 15) is 18.0 Å². The van der Waals surface area contributed by atoms with Gasteiger partial charge in [0.15, 0.2) is 5.82 Å². The number of nitrogens with zero attached hydrogens (tertiary/aromatic N) is 3. The summed E-state index contributed by atoms with van der Waals surface area (Å²) < 4.78 is 47.2. The van der Waals surface area contributed by atoms with Crippen molar-refractivity contribution in [3.8, 4) is 16.9 Å². The molecule has 1 aliphatic carbocycles. The van der Waals surface area contributed by atoms with Crippen LogP contribution >= 0.6 is 0 Å². The number of anilines is 1. The number of nitrogens with one attached hydrogen (secondary N) is 2. The summed E-state index contributed by atoms with van der Waals surface area (Å²) in [6.45, 7) is 2.09. The van der Waals surface area contributed by atoms with Gasteiger partial charge in [-0.25, -0.2) is 4.52 Å². The molecule has 4 heterocycles. The van der Waals surface area contributed by atoms with Gasteiger partial charge in [-0.15, -0.1) is 0 Å². The minimum atomic E-state index is -4.26. The Bertz CT molecular complexity index is 1190. The maximum absolute atomic E-state index is 13.2. The molecule has 2 fully saturated rings. The number of piperidine rings is 1. The second kappa shape index (κ2) is 8.33. The van der Waals surface area contributed by atoms with Gasteiger partial charge < -0.3 is 15.4 Å². The van der Waals surface area contributed by atoms with Gasteiger partial charge in [0, 0.05) is 42.5 Å². The van der Waals surface area contributed by atoms with E-state index < -0.39 is 18.2 Å². The van der Waals surface area contributed by atoms with Gasteiger partial charge in [-0.2, -0.15) is 18.3 Å². The maximum atomic E-state index is 13.2. The normalized spacial score (nSPS) is 21.2. The van der Waals surface area contributed by atoms with E-state index in [2.05, 4.69) is 20.7 Å². The number of hydrogen-bond donors (Lipinski definition) is 2. The standard InChI is InChI=1S/C23H24F3N5O2/c1-13-6-19(20(12-28-13)33-18-8-16(10-27-11-18)23(24,25)26)15-4-5-31-17(7-15)9-21(30-31)29-22(32)14-2-3-14/h4-7,9,12,14,16,18,27H,2-3,8,10-11H2,1H3,(H,29,30,32)/t16-,18+/m0/s1. The average molecular weight is 459 g/mol. The molecule has 3 aromatic heterocycles. The third-order valence-electron chi connectivity index (χ3n) is 6.04. The second-order valence-corrected chi connectivity index (χ2v) is 8.77. The van der Waals surface area contributed by atoms with E-state index in [1.807, 2.05) is 25.1 Å². The molecule has 10 heteroatoms. The van der Waals surface area contributed by atoms with Gasteiger partial charge in [-0.3, -0.25) is 9.78 Å². The smallest absolute Gasteiger partial charge is 0.393 e. The van der Waals surface area contributed by atoms with Gasteiger partial charge >= 0.3 is 6.18 Å². The first-order valence-corrected chi connectivity index (χ1v) is 11.0. The molecular formula is C23H24F3N5O2. The molecule has 1 saturated heterocycles. The Morgan fingerprint density at radius 1 is 1.24 bits per heavy atom. The van der Waals surface area contributed by atoms with Gasteiger partial charge in [0.1, 0.15) is 11.9 Å². The zero-order valence-electron chi connectivity index (χ0n) is 18.0. The highest BCUT2D eigenvalue weighted by Gasteiger charge is 2.43. The lowest BCUT2D eigenvalue weighted by molar-refractivity contribution is -0.184. The molecule has 1 aliphatic heterocycles. The van der Waals surface area contributed by atoms with Crippen LogP contribution in [-0.4, -0.2) is 45.9 Å². The predicted octanol–water partition coefficient (Wildman–Crippen LogP) is 3.97. The predicted molar refractivity (Wildman–Crippen MR) is 116 cm³/mol. The largest absolute Gasteiger partial charge is 0.487 e. The number of ether oxygens (including phenoxy) is 1. The van der Waals surface area contributed by atoms with Crippen LogP contribution in [0, 0.1) is 18.8 Å². The van der Waals surface area contributed by atoms with E-state index in [1.54, 1.807) is 23.0 Å². The van der Waals surface area contributed by atoms with E-state index in [1.165, 1.54) is 0 Å². The number of alkyl halides is 3. The van der Waals surface area contributed by atoms with E-state index in [0.29, 0.717) is 18.1 Å². The van der Waals surface area contributed by atoms with Crippen molar-refractivity contribution in [2.24, 2.45) is 11.8 Å². The summed E-state index contributed by atoms with van der Waals surface area (Å²) in [6, 6.07) is 7.40. The van der Waals surface area contributed by atoms with Crippen LogP contribution in [0.2, 0.25) is 0 Å². The van der Waals surface area contributed by atoms with Crippen LogP contribution in [0.5, 0.6) is 5.75 Å². The highest BCUT2D eigenvalue weighted by molar-refractivity contribution is 5.93. The summed E-state index contributed by atoms with van der Waals surface area (Å²) in [5, 5.41) is 10.1. The molecule has 5 rings (SSSR count). The van der Waals surface area contributed by atoms with Gasteiger partial charge in [0.25, 0.3) is 0 Å². The molecule has 3 aromatic rings. The molecule has 0 spiro atoms. The van der Waals surface area contributed by atoms with Gasteiger partial charge in [-0.05, 0) is 49.9 Å². The first kappa shape index (κ1) is 21.7. The second-order valence-electron chi connectivity index (χ2n) is 8.77. The molecule has 7 nitrogen and oxygen atoms in total. The molecule has 2 atom stereocenters. The van der Waals surface area contributed by atoms with Crippen molar-refractivity contribution in [1.82, 2.24) is 19.9 Å². The number of rotatable bonds is 5. The number of aromatic nitrogens is 3. The van der Waals surface area contributed by atoms with Crippen molar-refractivity contribution in [2.45, 2.75) is 38.5 Å². The minimum absolute atomic E-state index is 0.0164. The fraction of sp³-hybridized carbons (Fsp3) is 0.435. The molecule has 174 valence electrons. The molecule has 0 unspecified atom stereocenters. The third kappa shape index (κ3) is 4.80. The summed E-state index contributed by atoms with van der Waals surface area (Å²) >= 11 is 0. The fourth-order valence-electron chi connectivity index (χ4n) is 4.08. The Balaban J connectivity index is 1.40. The Hall–Kier alpha value is -3.14. The SMILES string of the molecule is Cc1cc(-c2ccn3nc(NC(=O)C4CC4)cc3c2)c(O[C@H]2CNC[C@@H](C(F)(F)F)C2)cn1. The number of halogens is 3. The quantitative estimate of drug-likeness (QED) is 0.604. The molecule has 1 saturated carbocycles. The number of carbonyl (C=O) groups excluding carboxylic acids is 1. The summed E-state index contributed by atoms with van der Waals surface area (Å²) in [5.74, 6) is -0.460. The summed E-state index contributed by atoms with van der Waals surface area (Å²) in [4.78, 5) is 16.3. The molecule has 2 N–H and O–H groups in total. The lowest BCUT2D eigenvalue weighted by atomic mass is 9.97. The number of hydrogen-bond acceptors (Lipinski definition) is 5. The Kier molecular flexibility index (Phi) is 5.48. The van der Waals surface area contributed by atoms with Crippen LogP contribution < -0.4 is 15.4 Å². The van der Waals surface area contributed by atoms with E-state index in [-0.39, 0.29) is 24.8 Å². The van der Waals surface area contributed by atoms with Gasteiger partial charge in [0.2, 0.25) is 5.91 Å². The van der Waals surface area contributed by atoms with Crippen LogP contribution in [-0.2, 0) is 4.79 Å². The monoisotopic (exact) mass is 459 g/mol. The third-order valence-corrected chi connectivity index (χ3v) is 6.04. The minimum Gasteiger partial charge on any atom is -0.487 e. The van der Waals surface area contributed by atoms with Crippen LogP contribution in [0.4, 0.5) is 19.0 Å². The number of carbonyl (C=O) groups is 1. The summed E-state index contributed by atoms with van der Waals surface area (Å²) in [6.07, 6.45) is 0.180. The fourth-order valence-corrected chi connectivity index (χ4v) is 4.08. The maximum Gasteiger partial charge on any atom is 0.393 e. The number of pyridine rings is 2. The molecule has 0 bridgehead atoms. The van der Waals surface area contributed by atoms with Crippen molar-refractivity contribution >= 4 is 17.2 Å². The molecule has 0 aromatic carbocycles.